The predicted octanol–water partition coefficient (Wildman–Crippen LogP) is 3.46. The van der Waals surface area contributed by atoms with E-state index in [0.717, 1.165) is 12.8 Å². The van der Waals surface area contributed by atoms with Gasteiger partial charge in [0.1, 0.15) is 11.3 Å². The first-order valence-corrected chi connectivity index (χ1v) is 9.97. The number of nitrogens with one attached hydrogen (secondary N) is 1. The van der Waals surface area contributed by atoms with Gasteiger partial charge in [0.15, 0.2) is 18.1 Å². The molecule has 2 aromatic rings. The first-order valence-electron chi connectivity index (χ1n) is 9.97. The van der Waals surface area contributed by atoms with Gasteiger partial charge in [-0.3, -0.25) is 4.79 Å². The molecule has 2 rings (SSSR count). The number of esters is 2. The molecule has 9 nitrogen and oxygen atoms in total. The molecule has 1 amide bonds. The highest BCUT2D eigenvalue weighted by atomic mass is 16.5. The summed E-state index contributed by atoms with van der Waals surface area (Å²) >= 11 is 0. The van der Waals surface area contributed by atoms with Crippen molar-refractivity contribution in [2.75, 3.05) is 39.9 Å². The minimum absolute atomic E-state index is 0.0869. The molecular formula is C23H27NO8. The van der Waals surface area contributed by atoms with E-state index < -0.39 is 24.5 Å². The van der Waals surface area contributed by atoms with Gasteiger partial charge in [0, 0.05) is 17.8 Å². The van der Waals surface area contributed by atoms with Gasteiger partial charge in [0.25, 0.3) is 5.91 Å². The van der Waals surface area contributed by atoms with Crippen molar-refractivity contribution in [2.24, 2.45) is 0 Å². The maximum Gasteiger partial charge on any atom is 0.342 e. The van der Waals surface area contributed by atoms with Gasteiger partial charge in [-0.2, -0.15) is 0 Å². The molecule has 0 bridgehead atoms. The molecule has 0 saturated heterocycles. The normalized spacial score (nSPS) is 10.1. The van der Waals surface area contributed by atoms with Gasteiger partial charge in [-0.1, -0.05) is 13.3 Å². The smallest absolute Gasteiger partial charge is 0.342 e. The zero-order chi connectivity index (χ0) is 23.5. The Balaban J connectivity index is 1.94. The van der Waals surface area contributed by atoms with Crippen molar-refractivity contribution in [3.8, 4) is 17.2 Å². The Bertz CT molecular complexity index is 940. The summed E-state index contributed by atoms with van der Waals surface area (Å²) in [5.41, 5.74) is 0.912. The second kappa shape index (κ2) is 12.2. The van der Waals surface area contributed by atoms with Crippen LogP contribution < -0.4 is 19.5 Å². The molecule has 0 atom stereocenters. The molecule has 1 N–H and O–H groups in total. The monoisotopic (exact) mass is 445 g/mol. The number of ether oxygens (including phenoxy) is 5. The Morgan fingerprint density at radius 2 is 1.44 bits per heavy atom. The molecule has 0 fully saturated rings. The predicted molar refractivity (Wildman–Crippen MR) is 117 cm³/mol. The van der Waals surface area contributed by atoms with Gasteiger partial charge in [-0.05, 0) is 30.7 Å². The molecule has 0 unspecified atom stereocenters. The van der Waals surface area contributed by atoms with Crippen LogP contribution in [0.2, 0.25) is 0 Å². The quantitative estimate of drug-likeness (QED) is 0.414. The summed E-state index contributed by atoms with van der Waals surface area (Å²) in [4.78, 5) is 36.5. The summed E-state index contributed by atoms with van der Waals surface area (Å²) in [5.74, 6) is -0.808. The summed E-state index contributed by atoms with van der Waals surface area (Å²) in [5, 5.41) is 2.59. The standard InChI is InChI=1S/C23H27NO8/c1-5-6-11-31-22(26)15-7-9-16(10-8-15)24-21(25)14-32-23(27)17-12-19(29-3)20(30-4)13-18(17)28-2/h7-10,12-13H,5-6,11,14H2,1-4H3,(H,24,25). The van der Waals surface area contributed by atoms with E-state index in [1.165, 1.54) is 33.5 Å². The first-order chi connectivity index (χ1) is 15.4. The van der Waals surface area contributed by atoms with Crippen LogP contribution in [0.1, 0.15) is 40.5 Å². The second-order valence-corrected chi connectivity index (χ2v) is 6.60. The zero-order valence-corrected chi connectivity index (χ0v) is 18.6. The van der Waals surface area contributed by atoms with E-state index in [9.17, 15) is 14.4 Å². The van der Waals surface area contributed by atoms with Gasteiger partial charge in [0.2, 0.25) is 0 Å². The molecular weight excluding hydrogens is 418 g/mol. The number of carbonyl (C=O) groups excluding carboxylic acids is 3. The van der Waals surface area contributed by atoms with Gasteiger partial charge in [0.05, 0.1) is 33.5 Å². The van der Waals surface area contributed by atoms with Crippen molar-refractivity contribution in [3.05, 3.63) is 47.5 Å². The molecule has 0 radical (unpaired) electrons. The van der Waals surface area contributed by atoms with E-state index in [2.05, 4.69) is 5.32 Å². The Labute approximate surface area is 186 Å². The zero-order valence-electron chi connectivity index (χ0n) is 18.6. The average molecular weight is 445 g/mol. The lowest BCUT2D eigenvalue weighted by atomic mass is 10.1. The maximum atomic E-state index is 12.4. The summed E-state index contributed by atoms with van der Waals surface area (Å²) in [6.45, 7) is 1.86. The van der Waals surface area contributed by atoms with Crippen molar-refractivity contribution in [1.82, 2.24) is 0 Å². The number of methoxy groups -OCH3 is 3. The average Bonchev–Trinajstić information content (AvgIpc) is 2.82. The van der Waals surface area contributed by atoms with Gasteiger partial charge < -0.3 is 29.0 Å². The topological polar surface area (TPSA) is 109 Å². The Hall–Kier alpha value is -3.75. The number of anilines is 1. The van der Waals surface area contributed by atoms with E-state index in [1.54, 1.807) is 24.3 Å². The van der Waals surface area contributed by atoms with Crippen molar-refractivity contribution < 1.29 is 38.1 Å². The third kappa shape index (κ3) is 6.63. The molecule has 0 aromatic heterocycles. The van der Waals surface area contributed by atoms with Crippen molar-refractivity contribution in [1.29, 1.82) is 0 Å². The number of benzene rings is 2. The third-order valence-corrected chi connectivity index (χ3v) is 4.40. The fourth-order valence-corrected chi connectivity index (χ4v) is 2.68. The highest BCUT2D eigenvalue weighted by molar-refractivity contribution is 5.97. The Morgan fingerprint density at radius 3 is 2.03 bits per heavy atom. The minimum Gasteiger partial charge on any atom is -0.496 e. The van der Waals surface area contributed by atoms with Crippen LogP contribution in [-0.4, -0.2) is 52.4 Å². The van der Waals surface area contributed by atoms with Crippen molar-refractivity contribution in [2.45, 2.75) is 19.8 Å². The molecule has 9 heteroatoms. The van der Waals surface area contributed by atoms with Gasteiger partial charge in [-0.25, -0.2) is 9.59 Å². The van der Waals surface area contributed by atoms with E-state index in [-0.39, 0.29) is 11.3 Å². The van der Waals surface area contributed by atoms with Crippen LogP contribution in [0.15, 0.2) is 36.4 Å². The number of unbranched alkanes of at least 4 members (excludes halogenated alkanes) is 1. The fraction of sp³-hybridized carbons (Fsp3) is 0.348. The highest BCUT2D eigenvalue weighted by Gasteiger charge is 2.20. The largest absolute Gasteiger partial charge is 0.496 e. The fourth-order valence-electron chi connectivity index (χ4n) is 2.68. The lowest BCUT2D eigenvalue weighted by Gasteiger charge is -2.13. The second-order valence-electron chi connectivity index (χ2n) is 6.60. The van der Waals surface area contributed by atoms with Crippen LogP contribution in [0.4, 0.5) is 5.69 Å². The van der Waals surface area contributed by atoms with Crippen LogP contribution in [0.25, 0.3) is 0 Å². The minimum atomic E-state index is -0.761. The van der Waals surface area contributed by atoms with E-state index in [1.807, 2.05) is 6.92 Å². The molecule has 0 aliphatic carbocycles. The summed E-state index contributed by atoms with van der Waals surface area (Å²) in [6.07, 6.45) is 1.73. The number of carbonyl (C=O) groups is 3. The summed E-state index contributed by atoms with van der Waals surface area (Å²) < 4.78 is 25.8. The lowest BCUT2D eigenvalue weighted by molar-refractivity contribution is -0.119. The molecule has 32 heavy (non-hydrogen) atoms. The SMILES string of the molecule is CCCCOC(=O)c1ccc(NC(=O)COC(=O)c2cc(OC)c(OC)cc2OC)cc1. The van der Waals surface area contributed by atoms with Crippen LogP contribution >= 0.6 is 0 Å². The van der Waals surface area contributed by atoms with Crippen molar-refractivity contribution >= 4 is 23.5 Å². The molecule has 0 aliphatic rings. The van der Waals surface area contributed by atoms with Gasteiger partial charge >= 0.3 is 11.9 Å². The van der Waals surface area contributed by atoms with Crippen LogP contribution in [0.3, 0.4) is 0 Å². The van der Waals surface area contributed by atoms with Crippen LogP contribution in [-0.2, 0) is 14.3 Å². The molecule has 0 spiro atoms. The van der Waals surface area contributed by atoms with E-state index in [4.69, 9.17) is 23.7 Å². The molecule has 172 valence electrons. The number of hydrogen-bond donors (Lipinski definition) is 1. The number of amides is 1. The summed E-state index contributed by atoms with van der Waals surface area (Å²) in [7, 11) is 4.29. The number of hydrogen-bond acceptors (Lipinski definition) is 8. The maximum absolute atomic E-state index is 12.4. The van der Waals surface area contributed by atoms with Crippen LogP contribution in [0, 0.1) is 0 Å². The number of rotatable bonds is 11. The lowest BCUT2D eigenvalue weighted by Crippen LogP contribution is -2.21. The Morgan fingerprint density at radius 1 is 0.812 bits per heavy atom. The Kier molecular flexibility index (Phi) is 9.34. The molecule has 2 aromatic carbocycles. The van der Waals surface area contributed by atoms with E-state index in [0.29, 0.717) is 29.4 Å². The van der Waals surface area contributed by atoms with Gasteiger partial charge in [-0.15, -0.1) is 0 Å². The first kappa shape index (κ1) is 24.5. The van der Waals surface area contributed by atoms with E-state index >= 15 is 0 Å². The molecule has 0 saturated carbocycles. The van der Waals surface area contributed by atoms with Crippen molar-refractivity contribution in [3.63, 3.8) is 0 Å². The highest BCUT2D eigenvalue weighted by Crippen LogP contribution is 2.34. The van der Waals surface area contributed by atoms with Crippen LogP contribution in [0.5, 0.6) is 17.2 Å². The summed E-state index contributed by atoms with van der Waals surface area (Å²) in [6, 6.07) is 9.12. The third-order valence-electron chi connectivity index (χ3n) is 4.40. The molecule has 0 heterocycles. The molecule has 0 aliphatic heterocycles.